The molecule has 0 fully saturated rings. The average Bonchev–Trinajstić information content (AvgIpc) is 2.45. The van der Waals surface area contributed by atoms with Gasteiger partial charge in [-0.1, -0.05) is 0 Å². The molecule has 0 atom stereocenters. The number of anilines is 1. The molecule has 2 rings (SSSR count). The molecule has 1 heterocycles. The minimum absolute atomic E-state index is 0.134. The second kappa shape index (κ2) is 5.25. The zero-order valence-corrected chi connectivity index (χ0v) is 12.0. The molecule has 7 heteroatoms. The first kappa shape index (κ1) is 15.1. The lowest BCUT2D eigenvalue weighted by atomic mass is 10.0. The highest BCUT2D eigenvalue weighted by atomic mass is 19.1. The summed E-state index contributed by atoms with van der Waals surface area (Å²) in [4.78, 5) is 16.1. The highest BCUT2D eigenvalue weighted by Crippen LogP contribution is 2.36. The van der Waals surface area contributed by atoms with Gasteiger partial charge in [0.25, 0.3) is 5.69 Å². The molecule has 0 aliphatic rings. The minimum atomic E-state index is -0.739. The van der Waals surface area contributed by atoms with Gasteiger partial charge in [-0.2, -0.15) is 0 Å². The zero-order valence-electron chi connectivity index (χ0n) is 12.0. The smallest absolute Gasteiger partial charge is 0.281 e. The fraction of sp³-hybridized carbons (Fsp3) is 0.357. The molecule has 0 bridgehead atoms. The van der Waals surface area contributed by atoms with Gasteiger partial charge in [0.15, 0.2) is 5.82 Å². The lowest BCUT2D eigenvalue weighted by Gasteiger charge is -2.36. The Morgan fingerprint density at radius 3 is 2.76 bits per heavy atom. The van der Waals surface area contributed by atoms with Gasteiger partial charge in [-0.25, -0.2) is 4.39 Å². The normalized spacial score (nSPS) is 11.7. The molecule has 0 saturated carbocycles. The van der Waals surface area contributed by atoms with Gasteiger partial charge in [0.05, 0.1) is 28.5 Å². The Hall–Kier alpha value is -2.28. The molecular formula is C14H16FN3O3. The van der Waals surface area contributed by atoms with Crippen molar-refractivity contribution in [1.82, 2.24) is 4.98 Å². The number of aromatic nitrogens is 1. The first-order chi connectivity index (χ1) is 9.79. The molecule has 112 valence electrons. The van der Waals surface area contributed by atoms with E-state index in [0.29, 0.717) is 0 Å². The molecule has 6 nitrogen and oxygen atoms in total. The van der Waals surface area contributed by atoms with Gasteiger partial charge in [0.2, 0.25) is 0 Å². The van der Waals surface area contributed by atoms with Crippen molar-refractivity contribution in [2.24, 2.45) is 0 Å². The maximum atomic E-state index is 14.4. The van der Waals surface area contributed by atoms with Crippen molar-refractivity contribution in [2.45, 2.75) is 19.4 Å². The van der Waals surface area contributed by atoms with E-state index in [-0.39, 0.29) is 28.9 Å². The van der Waals surface area contributed by atoms with E-state index in [1.165, 1.54) is 12.3 Å². The Balaban J connectivity index is 2.79. The van der Waals surface area contributed by atoms with Crippen LogP contribution in [0, 0.1) is 15.9 Å². The van der Waals surface area contributed by atoms with Crippen LogP contribution in [-0.4, -0.2) is 34.2 Å². The largest absolute Gasteiger partial charge is 0.394 e. The number of rotatable bonds is 4. The molecule has 0 amide bonds. The predicted octanol–water partition coefficient (Wildman–Crippen LogP) is 2.49. The van der Waals surface area contributed by atoms with Crippen LogP contribution in [0.25, 0.3) is 10.9 Å². The Morgan fingerprint density at radius 1 is 1.52 bits per heavy atom. The quantitative estimate of drug-likeness (QED) is 0.692. The molecule has 2 aromatic rings. The van der Waals surface area contributed by atoms with Crippen LogP contribution in [0.3, 0.4) is 0 Å². The van der Waals surface area contributed by atoms with Gasteiger partial charge in [-0.05, 0) is 26.0 Å². The fourth-order valence-electron chi connectivity index (χ4n) is 2.06. The van der Waals surface area contributed by atoms with E-state index >= 15 is 0 Å². The van der Waals surface area contributed by atoms with Crippen molar-refractivity contribution in [3.8, 4) is 0 Å². The Kier molecular flexibility index (Phi) is 3.78. The number of halogens is 1. The third kappa shape index (κ3) is 2.52. The molecule has 1 aromatic heterocycles. The molecular weight excluding hydrogens is 277 g/mol. The minimum Gasteiger partial charge on any atom is -0.394 e. The summed E-state index contributed by atoms with van der Waals surface area (Å²) >= 11 is 0. The number of nitro benzene ring substituents is 1. The summed E-state index contributed by atoms with van der Waals surface area (Å²) in [6.45, 7) is 3.28. The Labute approximate surface area is 121 Å². The van der Waals surface area contributed by atoms with Crippen LogP contribution in [0.1, 0.15) is 13.8 Å². The van der Waals surface area contributed by atoms with Crippen molar-refractivity contribution in [3.63, 3.8) is 0 Å². The van der Waals surface area contributed by atoms with E-state index < -0.39 is 16.3 Å². The van der Waals surface area contributed by atoms with Gasteiger partial charge in [-0.15, -0.1) is 0 Å². The fourth-order valence-corrected chi connectivity index (χ4v) is 2.06. The van der Waals surface area contributed by atoms with Crippen molar-refractivity contribution >= 4 is 22.3 Å². The average molecular weight is 293 g/mol. The molecule has 0 spiro atoms. The van der Waals surface area contributed by atoms with E-state index in [4.69, 9.17) is 0 Å². The molecule has 0 aliphatic heterocycles. The van der Waals surface area contributed by atoms with Crippen LogP contribution in [-0.2, 0) is 0 Å². The van der Waals surface area contributed by atoms with Gasteiger partial charge in [0, 0.05) is 13.2 Å². The van der Waals surface area contributed by atoms with Gasteiger partial charge in [0.1, 0.15) is 11.2 Å². The van der Waals surface area contributed by atoms with Crippen LogP contribution in [0.2, 0.25) is 0 Å². The number of benzene rings is 1. The second-order valence-corrected chi connectivity index (χ2v) is 5.41. The van der Waals surface area contributed by atoms with Gasteiger partial charge < -0.3 is 10.0 Å². The number of aliphatic hydroxyl groups excluding tert-OH is 1. The molecule has 0 unspecified atom stereocenters. The summed E-state index contributed by atoms with van der Waals surface area (Å²) in [6.07, 6.45) is 1.45. The van der Waals surface area contributed by atoms with Crippen molar-refractivity contribution < 1.29 is 14.4 Å². The van der Waals surface area contributed by atoms with E-state index in [9.17, 15) is 19.6 Å². The molecule has 1 aromatic carbocycles. The maximum absolute atomic E-state index is 14.4. The summed E-state index contributed by atoms with van der Waals surface area (Å²) in [5.74, 6) is -0.739. The topological polar surface area (TPSA) is 79.5 Å². The lowest BCUT2D eigenvalue weighted by Crippen LogP contribution is -2.45. The number of aliphatic hydroxyl groups is 1. The van der Waals surface area contributed by atoms with Crippen molar-refractivity contribution in [1.29, 1.82) is 0 Å². The van der Waals surface area contributed by atoms with Gasteiger partial charge in [-0.3, -0.25) is 15.1 Å². The molecule has 0 aliphatic carbocycles. The first-order valence-electron chi connectivity index (χ1n) is 6.36. The Morgan fingerprint density at radius 2 is 2.19 bits per heavy atom. The second-order valence-electron chi connectivity index (χ2n) is 5.41. The number of pyridine rings is 1. The summed E-state index contributed by atoms with van der Waals surface area (Å²) in [5, 5.41) is 20.8. The number of fused-ring (bicyclic) bond motifs is 1. The standard InChI is InChI=1S/C14H16FN3O3/c1-14(2,8-19)17(3)13-10(15)7-11(18(20)21)9-5-4-6-16-12(9)13/h4-7,19H,8H2,1-3H3. The maximum Gasteiger partial charge on any atom is 0.281 e. The first-order valence-corrected chi connectivity index (χ1v) is 6.36. The van der Waals surface area contributed by atoms with Crippen LogP contribution >= 0.6 is 0 Å². The monoisotopic (exact) mass is 293 g/mol. The third-order valence-electron chi connectivity index (χ3n) is 3.62. The van der Waals surface area contributed by atoms with E-state index in [1.54, 1.807) is 31.9 Å². The van der Waals surface area contributed by atoms with E-state index in [1.807, 2.05) is 0 Å². The van der Waals surface area contributed by atoms with E-state index in [2.05, 4.69) is 4.98 Å². The van der Waals surface area contributed by atoms with Crippen LogP contribution in [0.5, 0.6) is 0 Å². The van der Waals surface area contributed by atoms with Gasteiger partial charge >= 0.3 is 0 Å². The highest BCUT2D eigenvalue weighted by molar-refractivity contribution is 5.97. The third-order valence-corrected chi connectivity index (χ3v) is 3.62. The van der Waals surface area contributed by atoms with Crippen molar-refractivity contribution in [2.75, 3.05) is 18.6 Å². The number of likely N-dealkylation sites (N-methyl/N-ethyl adjacent to an activating group) is 1. The van der Waals surface area contributed by atoms with Crippen LogP contribution in [0.15, 0.2) is 24.4 Å². The molecule has 0 radical (unpaired) electrons. The summed E-state index contributed by atoms with van der Waals surface area (Å²) < 4.78 is 14.4. The van der Waals surface area contributed by atoms with Crippen LogP contribution < -0.4 is 4.90 Å². The number of non-ortho nitro benzene ring substituents is 1. The predicted molar refractivity (Wildman–Crippen MR) is 77.9 cm³/mol. The number of hydrogen-bond acceptors (Lipinski definition) is 5. The highest BCUT2D eigenvalue weighted by Gasteiger charge is 2.29. The zero-order chi connectivity index (χ0) is 15.8. The summed E-state index contributed by atoms with van der Waals surface area (Å²) in [6, 6.07) is 3.99. The Bertz CT molecular complexity index is 703. The van der Waals surface area contributed by atoms with E-state index in [0.717, 1.165) is 6.07 Å². The lowest BCUT2D eigenvalue weighted by molar-refractivity contribution is -0.383. The number of nitrogens with zero attached hydrogens (tertiary/aromatic N) is 3. The number of hydrogen-bond donors (Lipinski definition) is 1. The summed E-state index contributed by atoms with van der Waals surface area (Å²) in [5.41, 5.74) is -0.723. The number of nitro groups is 1. The molecule has 0 saturated heterocycles. The van der Waals surface area contributed by atoms with Crippen LogP contribution in [0.4, 0.5) is 15.8 Å². The summed E-state index contributed by atoms with van der Waals surface area (Å²) in [7, 11) is 1.62. The SMILES string of the molecule is CN(c1c(F)cc([N+](=O)[O-])c2cccnc12)C(C)(C)CO. The molecule has 21 heavy (non-hydrogen) atoms. The molecule has 1 N–H and O–H groups in total. The van der Waals surface area contributed by atoms with Crippen molar-refractivity contribution in [3.05, 3.63) is 40.3 Å².